The minimum Gasteiger partial charge on any atom is -0.447 e. The van der Waals surface area contributed by atoms with E-state index in [1.165, 1.54) is 11.1 Å². The van der Waals surface area contributed by atoms with Crippen LogP contribution in [-0.2, 0) is 16.1 Å². The number of para-hydroxylation sites is 1. The Morgan fingerprint density at radius 3 is 2.64 bits per heavy atom. The van der Waals surface area contributed by atoms with Gasteiger partial charge in [0, 0.05) is 23.1 Å². The number of Topliss-reactive ketones (excluding diaryl/α,β-unsaturated/α-hetero) is 1. The SMILES string of the molecule is CC(C)OC(=O)N1CC(=O)c2c([nH]c(-c3ccnc(NC(=O)[C@H]4C[C@H]4F)c3)c2Nc2ccccc2)C1. The number of nitrogens with zero attached hydrogens (tertiary/aromatic N) is 2. The highest BCUT2D eigenvalue weighted by Crippen LogP contribution is 2.39. The summed E-state index contributed by atoms with van der Waals surface area (Å²) in [7, 11) is 0. The van der Waals surface area contributed by atoms with Gasteiger partial charge in [0.15, 0.2) is 5.78 Å². The van der Waals surface area contributed by atoms with Gasteiger partial charge in [-0.15, -0.1) is 0 Å². The summed E-state index contributed by atoms with van der Waals surface area (Å²) in [5, 5.41) is 6.00. The lowest BCUT2D eigenvalue weighted by molar-refractivity contribution is -0.117. The van der Waals surface area contributed by atoms with Crippen LogP contribution in [0, 0.1) is 5.92 Å². The van der Waals surface area contributed by atoms with Crippen molar-refractivity contribution in [2.24, 2.45) is 5.92 Å². The highest BCUT2D eigenvalue weighted by Gasteiger charge is 2.43. The lowest BCUT2D eigenvalue weighted by Crippen LogP contribution is -2.40. The molecule has 0 radical (unpaired) electrons. The number of nitrogens with one attached hydrogen (secondary N) is 3. The summed E-state index contributed by atoms with van der Waals surface area (Å²) < 4.78 is 18.6. The van der Waals surface area contributed by atoms with Gasteiger partial charge in [-0.2, -0.15) is 0 Å². The van der Waals surface area contributed by atoms with Gasteiger partial charge in [0.2, 0.25) is 5.91 Å². The Bertz CT molecular complexity index is 1320. The average molecular weight is 492 g/mol. The fourth-order valence-electron chi connectivity index (χ4n) is 4.20. The molecule has 2 atom stereocenters. The number of halogens is 1. The maximum Gasteiger partial charge on any atom is 0.410 e. The number of benzene rings is 1. The Kier molecular flexibility index (Phi) is 6.17. The van der Waals surface area contributed by atoms with Gasteiger partial charge in [-0.3, -0.25) is 14.5 Å². The molecule has 0 bridgehead atoms. The lowest BCUT2D eigenvalue weighted by atomic mass is 10.0. The molecule has 36 heavy (non-hydrogen) atoms. The fraction of sp³-hybridized carbons (Fsp3) is 0.308. The van der Waals surface area contributed by atoms with Crippen LogP contribution in [0.1, 0.15) is 36.3 Å². The number of pyridine rings is 1. The first-order valence-corrected chi connectivity index (χ1v) is 11.8. The number of alkyl halides is 1. The molecule has 2 aromatic heterocycles. The molecular formula is C26H26FN5O4. The van der Waals surface area contributed by atoms with Crippen LogP contribution in [0.15, 0.2) is 48.7 Å². The molecule has 1 aromatic carbocycles. The maximum absolute atomic E-state index is 13.3. The van der Waals surface area contributed by atoms with E-state index in [1.54, 1.807) is 26.0 Å². The van der Waals surface area contributed by atoms with Crippen LogP contribution in [0.4, 0.5) is 26.4 Å². The second kappa shape index (κ2) is 9.44. The van der Waals surface area contributed by atoms with E-state index in [1.807, 2.05) is 30.3 Å². The molecule has 1 aliphatic carbocycles. The first-order valence-electron chi connectivity index (χ1n) is 11.8. The lowest BCUT2D eigenvalue weighted by Gasteiger charge is -2.26. The number of carbonyl (C=O) groups excluding carboxylic acids is 3. The monoisotopic (exact) mass is 491 g/mol. The Hall–Kier alpha value is -4.21. The predicted molar refractivity (Wildman–Crippen MR) is 132 cm³/mol. The van der Waals surface area contributed by atoms with Crippen LogP contribution in [0.5, 0.6) is 0 Å². The number of aromatic nitrogens is 2. The zero-order chi connectivity index (χ0) is 25.4. The quantitative estimate of drug-likeness (QED) is 0.462. The van der Waals surface area contributed by atoms with Crippen molar-refractivity contribution in [1.29, 1.82) is 0 Å². The van der Waals surface area contributed by atoms with E-state index in [9.17, 15) is 18.8 Å². The fourth-order valence-corrected chi connectivity index (χ4v) is 4.20. The van der Waals surface area contributed by atoms with Crippen LogP contribution in [-0.4, -0.2) is 51.5 Å². The van der Waals surface area contributed by atoms with Crippen molar-refractivity contribution in [1.82, 2.24) is 14.9 Å². The van der Waals surface area contributed by atoms with Crippen LogP contribution in [0.2, 0.25) is 0 Å². The molecule has 10 heteroatoms. The van der Waals surface area contributed by atoms with E-state index in [-0.39, 0.29) is 37.2 Å². The molecule has 186 valence electrons. The minimum absolute atomic E-state index is 0.108. The van der Waals surface area contributed by atoms with E-state index in [0.29, 0.717) is 28.2 Å². The molecule has 2 amide bonds. The summed E-state index contributed by atoms with van der Waals surface area (Å²) in [5.74, 6) is -1.00. The molecule has 1 fully saturated rings. The van der Waals surface area contributed by atoms with E-state index < -0.39 is 24.1 Å². The summed E-state index contributed by atoms with van der Waals surface area (Å²) in [6, 6.07) is 12.8. The summed E-state index contributed by atoms with van der Waals surface area (Å²) in [6.07, 6.45) is -0.223. The number of ether oxygens (including phenoxy) is 1. The topological polar surface area (TPSA) is 116 Å². The number of anilines is 3. The third-order valence-electron chi connectivity index (χ3n) is 6.03. The number of ketones is 1. The molecular weight excluding hydrogens is 465 g/mol. The van der Waals surface area contributed by atoms with Crippen molar-refractivity contribution in [3.8, 4) is 11.3 Å². The smallest absolute Gasteiger partial charge is 0.410 e. The zero-order valence-corrected chi connectivity index (χ0v) is 19.9. The number of hydrogen-bond acceptors (Lipinski definition) is 6. The first kappa shape index (κ1) is 23.5. The Morgan fingerprint density at radius 1 is 1.19 bits per heavy atom. The van der Waals surface area contributed by atoms with Crippen LogP contribution >= 0.6 is 0 Å². The Balaban J connectivity index is 1.51. The largest absolute Gasteiger partial charge is 0.447 e. The second-order valence-electron chi connectivity index (χ2n) is 9.21. The molecule has 2 aliphatic rings. The molecule has 0 unspecified atom stereocenters. The van der Waals surface area contributed by atoms with Gasteiger partial charge < -0.3 is 20.4 Å². The zero-order valence-electron chi connectivity index (χ0n) is 19.9. The summed E-state index contributed by atoms with van der Waals surface area (Å²) in [4.78, 5) is 46.8. The van der Waals surface area contributed by atoms with Crippen molar-refractivity contribution in [2.75, 3.05) is 17.2 Å². The van der Waals surface area contributed by atoms with Gasteiger partial charge in [-0.05, 0) is 44.5 Å². The van der Waals surface area contributed by atoms with Crippen molar-refractivity contribution in [3.63, 3.8) is 0 Å². The maximum atomic E-state index is 13.3. The number of carbonyl (C=O) groups is 3. The number of amides is 2. The molecule has 3 heterocycles. The van der Waals surface area contributed by atoms with Crippen LogP contribution < -0.4 is 10.6 Å². The molecule has 3 aromatic rings. The normalized spacial score (nSPS) is 18.6. The number of H-pyrrole nitrogens is 1. The van der Waals surface area contributed by atoms with Crippen molar-refractivity contribution >= 4 is 35.0 Å². The molecule has 9 nitrogen and oxygen atoms in total. The average Bonchev–Trinajstić information content (AvgIpc) is 3.47. The van der Waals surface area contributed by atoms with Crippen LogP contribution in [0.25, 0.3) is 11.3 Å². The molecule has 0 spiro atoms. The predicted octanol–water partition coefficient (Wildman–Crippen LogP) is 4.66. The number of fused-ring (bicyclic) bond motifs is 1. The third-order valence-corrected chi connectivity index (χ3v) is 6.03. The van der Waals surface area contributed by atoms with Crippen molar-refractivity contribution in [2.45, 2.75) is 39.1 Å². The number of aromatic amines is 1. The van der Waals surface area contributed by atoms with Gasteiger partial charge in [0.05, 0.1) is 42.1 Å². The van der Waals surface area contributed by atoms with Crippen LogP contribution in [0.3, 0.4) is 0 Å². The van der Waals surface area contributed by atoms with Gasteiger partial charge in [-0.1, -0.05) is 18.2 Å². The Labute approximate surface area is 207 Å². The summed E-state index contributed by atoms with van der Waals surface area (Å²) in [5.41, 5.74) is 3.63. The number of rotatable bonds is 6. The third kappa shape index (κ3) is 4.79. The highest BCUT2D eigenvalue weighted by atomic mass is 19.1. The first-order chi connectivity index (χ1) is 17.3. The highest BCUT2D eigenvalue weighted by molar-refractivity contribution is 6.09. The van der Waals surface area contributed by atoms with E-state index in [0.717, 1.165) is 5.69 Å². The van der Waals surface area contributed by atoms with Crippen molar-refractivity contribution < 1.29 is 23.5 Å². The summed E-state index contributed by atoms with van der Waals surface area (Å²) >= 11 is 0. The number of hydrogen-bond donors (Lipinski definition) is 3. The standard InChI is InChI=1S/C26H26FN5O4/c1-14(2)36-26(35)32-12-19-22(20(33)13-32)24(29-16-6-4-3-5-7-16)23(30-19)15-8-9-28-21(10-15)31-25(34)17-11-18(17)27/h3-10,14,17-18,29-30H,11-13H2,1-2H3,(H,28,31,34)/t17-,18+/m0/s1. The van der Waals surface area contributed by atoms with Gasteiger partial charge >= 0.3 is 6.09 Å². The molecule has 1 saturated carbocycles. The Morgan fingerprint density at radius 2 is 1.94 bits per heavy atom. The summed E-state index contributed by atoms with van der Waals surface area (Å²) in [6.45, 7) is 3.56. The molecule has 1 aliphatic heterocycles. The molecule has 3 N–H and O–H groups in total. The van der Waals surface area contributed by atoms with Gasteiger partial charge in [0.1, 0.15) is 12.0 Å². The minimum atomic E-state index is -1.11. The second-order valence-corrected chi connectivity index (χ2v) is 9.21. The van der Waals surface area contributed by atoms with E-state index in [4.69, 9.17) is 4.74 Å². The molecule has 5 rings (SSSR count). The van der Waals surface area contributed by atoms with E-state index in [2.05, 4.69) is 20.6 Å². The van der Waals surface area contributed by atoms with Crippen molar-refractivity contribution in [3.05, 3.63) is 59.9 Å². The van der Waals surface area contributed by atoms with Gasteiger partial charge in [0.25, 0.3) is 0 Å². The van der Waals surface area contributed by atoms with E-state index >= 15 is 0 Å². The van der Waals surface area contributed by atoms with Gasteiger partial charge in [-0.25, -0.2) is 14.2 Å². The molecule has 0 saturated heterocycles.